The third-order valence-corrected chi connectivity index (χ3v) is 8.30. The number of nitrogens with one attached hydrogen (secondary N) is 3. The lowest BCUT2D eigenvalue weighted by atomic mass is 10.0. The van der Waals surface area contributed by atoms with Crippen LogP contribution < -0.4 is 27.4 Å². The number of aryl methyl sites for hydroxylation is 1. The second kappa shape index (κ2) is 19.9. The molecule has 0 fully saturated rings. The van der Waals surface area contributed by atoms with Crippen LogP contribution in [0, 0.1) is 0 Å². The van der Waals surface area contributed by atoms with E-state index in [0.29, 0.717) is 56.3 Å². The number of rotatable bonds is 20. The van der Waals surface area contributed by atoms with Crippen LogP contribution in [0.4, 0.5) is 4.79 Å². The molecular weight excluding hydrogens is 624 g/mol. The minimum absolute atomic E-state index is 0.0555. The number of alkyl carbamates (subject to hydrolysis) is 1. The normalized spacial score (nSPS) is 13.6. The van der Waals surface area contributed by atoms with Gasteiger partial charge in [-0.15, -0.1) is 0 Å². The van der Waals surface area contributed by atoms with Crippen LogP contribution in [0.25, 0.3) is 11.1 Å². The van der Waals surface area contributed by atoms with Gasteiger partial charge in [0.1, 0.15) is 24.2 Å². The fourth-order valence-corrected chi connectivity index (χ4v) is 5.52. The number of carbonyl (C=O) groups excluding carboxylic acids is 3. The molecule has 0 bridgehead atoms. The molecule has 0 spiro atoms. The Bertz CT molecular complexity index is 1550. The molecule has 12 heteroatoms. The highest BCUT2D eigenvalue weighted by atomic mass is 16.5. The van der Waals surface area contributed by atoms with E-state index in [9.17, 15) is 19.5 Å². The van der Waals surface area contributed by atoms with Crippen LogP contribution in [0.2, 0.25) is 0 Å². The highest BCUT2D eigenvalue weighted by Gasteiger charge is 2.32. The van der Waals surface area contributed by atoms with Crippen LogP contribution in [0.3, 0.4) is 0 Å². The first-order chi connectivity index (χ1) is 23.9. The summed E-state index contributed by atoms with van der Waals surface area (Å²) < 4.78 is 11.2. The summed E-state index contributed by atoms with van der Waals surface area (Å²) in [6.45, 7) is 1.46. The number of aromatic nitrogens is 1. The van der Waals surface area contributed by atoms with Crippen molar-refractivity contribution in [2.24, 2.45) is 0 Å². The van der Waals surface area contributed by atoms with E-state index < -0.39 is 42.1 Å². The van der Waals surface area contributed by atoms with Crippen LogP contribution in [0.5, 0.6) is 0 Å². The molecule has 4 aromatic rings. The SMILES string of the molecule is [NH3+]CCCC[C@H](NC(=O)OCc1ccccc1)C(=O)N[C@@H](CCc1ccccc1)C(=O)N[C@@H](CCCC[NH3+])[C@H](O)c1nc2ccccc2o1. The summed E-state index contributed by atoms with van der Waals surface area (Å²) in [6.07, 6.45) is 2.57. The van der Waals surface area contributed by atoms with Crippen molar-refractivity contribution in [3.63, 3.8) is 0 Å². The topological polar surface area (TPSA) is 198 Å². The third-order valence-electron chi connectivity index (χ3n) is 8.30. The summed E-state index contributed by atoms with van der Waals surface area (Å²) >= 11 is 0. The first-order valence-corrected chi connectivity index (χ1v) is 17.1. The monoisotopic (exact) mass is 674 g/mol. The van der Waals surface area contributed by atoms with Crippen LogP contribution >= 0.6 is 0 Å². The number of quaternary nitrogens is 2. The van der Waals surface area contributed by atoms with E-state index in [1.54, 1.807) is 12.1 Å². The lowest BCUT2D eigenvalue weighted by molar-refractivity contribution is -0.369. The maximum atomic E-state index is 14.0. The number of ether oxygens (including phenoxy) is 1. The van der Waals surface area contributed by atoms with E-state index in [4.69, 9.17) is 9.15 Å². The number of amides is 3. The molecule has 3 amide bonds. The number of aliphatic hydroxyl groups is 1. The molecule has 4 rings (SSSR count). The second-order valence-electron chi connectivity index (χ2n) is 12.1. The number of fused-ring (bicyclic) bond motifs is 1. The van der Waals surface area contributed by atoms with Gasteiger partial charge in [0.2, 0.25) is 17.7 Å². The summed E-state index contributed by atoms with van der Waals surface area (Å²) in [4.78, 5) is 45.0. The van der Waals surface area contributed by atoms with E-state index in [0.717, 1.165) is 24.0 Å². The number of unbranched alkanes of at least 4 members (excludes halogenated alkanes) is 2. The summed E-state index contributed by atoms with van der Waals surface area (Å²) in [5.41, 5.74) is 10.7. The quantitative estimate of drug-likeness (QED) is 0.0774. The predicted molar refractivity (Wildman–Crippen MR) is 184 cm³/mol. The summed E-state index contributed by atoms with van der Waals surface area (Å²) in [5, 5.41) is 20.0. The average molecular weight is 675 g/mol. The molecule has 0 saturated heterocycles. The van der Waals surface area contributed by atoms with Crippen LogP contribution in [-0.4, -0.2) is 59.2 Å². The van der Waals surface area contributed by atoms with Gasteiger partial charge in [-0.25, -0.2) is 9.78 Å². The van der Waals surface area contributed by atoms with Gasteiger partial charge in [0.05, 0.1) is 19.1 Å². The molecule has 0 unspecified atom stereocenters. The predicted octanol–water partition coefficient (Wildman–Crippen LogP) is 2.58. The molecule has 0 saturated carbocycles. The zero-order valence-corrected chi connectivity index (χ0v) is 28.0. The van der Waals surface area contributed by atoms with Gasteiger partial charge in [0, 0.05) is 0 Å². The second-order valence-corrected chi connectivity index (χ2v) is 12.1. The molecule has 3 aromatic carbocycles. The van der Waals surface area contributed by atoms with Crippen molar-refractivity contribution >= 4 is 29.0 Å². The number of oxazole rings is 1. The number of nitrogens with zero attached hydrogens (tertiary/aromatic N) is 1. The Morgan fingerprint density at radius 1 is 0.714 bits per heavy atom. The molecule has 1 heterocycles. The number of hydrogen-bond donors (Lipinski definition) is 6. The van der Waals surface area contributed by atoms with Crippen molar-refractivity contribution in [1.82, 2.24) is 20.9 Å². The molecule has 0 radical (unpaired) electrons. The average Bonchev–Trinajstić information content (AvgIpc) is 3.57. The fourth-order valence-electron chi connectivity index (χ4n) is 5.52. The summed E-state index contributed by atoms with van der Waals surface area (Å²) in [5.74, 6) is -0.848. The Balaban J connectivity index is 1.50. The number of para-hydroxylation sites is 2. The van der Waals surface area contributed by atoms with Gasteiger partial charge in [-0.3, -0.25) is 9.59 Å². The van der Waals surface area contributed by atoms with Crippen molar-refractivity contribution in [1.29, 1.82) is 0 Å². The third kappa shape index (κ3) is 12.0. The fraction of sp³-hybridized carbons (Fsp3) is 0.405. The molecule has 10 N–H and O–H groups in total. The van der Waals surface area contributed by atoms with E-state index in [-0.39, 0.29) is 18.9 Å². The van der Waals surface area contributed by atoms with Gasteiger partial charge >= 0.3 is 6.09 Å². The molecule has 1 aromatic heterocycles. The highest BCUT2D eigenvalue weighted by Crippen LogP contribution is 2.24. The Kier molecular flexibility index (Phi) is 15.0. The van der Waals surface area contributed by atoms with Gasteiger partial charge in [-0.05, 0) is 74.6 Å². The Morgan fingerprint density at radius 2 is 1.31 bits per heavy atom. The highest BCUT2D eigenvalue weighted by molar-refractivity contribution is 5.91. The van der Waals surface area contributed by atoms with Crippen LogP contribution in [0.15, 0.2) is 89.3 Å². The maximum absolute atomic E-state index is 14.0. The minimum Gasteiger partial charge on any atom is -0.445 e. The maximum Gasteiger partial charge on any atom is 0.408 e. The molecule has 0 aliphatic rings. The summed E-state index contributed by atoms with van der Waals surface area (Å²) in [6, 6.07) is 23.5. The van der Waals surface area contributed by atoms with Gasteiger partial charge in [-0.1, -0.05) is 72.8 Å². The van der Waals surface area contributed by atoms with Gasteiger partial charge in [0.15, 0.2) is 11.7 Å². The van der Waals surface area contributed by atoms with Gasteiger partial charge in [-0.2, -0.15) is 0 Å². The number of benzene rings is 3. The molecule has 0 aliphatic heterocycles. The Hall–Kier alpha value is -4.78. The van der Waals surface area contributed by atoms with Crippen molar-refractivity contribution < 1.29 is 40.1 Å². The van der Waals surface area contributed by atoms with Crippen molar-refractivity contribution in [3.05, 3.63) is 102 Å². The van der Waals surface area contributed by atoms with Crippen LogP contribution in [-0.2, 0) is 27.4 Å². The lowest BCUT2D eigenvalue weighted by Crippen LogP contribution is -2.55. The van der Waals surface area contributed by atoms with E-state index in [2.05, 4.69) is 32.4 Å². The van der Waals surface area contributed by atoms with Crippen molar-refractivity contribution in [2.75, 3.05) is 13.1 Å². The molecule has 4 atom stereocenters. The molecule has 12 nitrogen and oxygen atoms in total. The smallest absolute Gasteiger partial charge is 0.408 e. The summed E-state index contributed by atoms with van der Waals surface area (Å²) in [7, 11) is 0. The van der Waals surface area contributed by atoms with Crippen molar-refractivity contribution in [2.45, 2.75) is 82.2 Å². The lowest BCUT2D eigenvalue weighted by Gasteiger charge is -2.27. The minimum atomic E-state index is -1.22. The molecule has 262 valence electrons. The van der Waals surface area contributed by atoms with Gasteiger partial charge in [0.25, 0.3) is 0 Å². The standard InChI is InChI=1S/C37H48N6O6/c38-23-11-9-18-29(33(44)36-42-28-17-7-8-20-32(28)49-36)40-35(46)31(22-21-26-13-3-1-4-14-26)41-34(45)30(19-10-12-24-39)43-37(47)48-25-27-15-5-2-6-16-27/h1-8,13-17,20,29-31,33,44H,9-12,18-19,21-25,38-39H2,(H,40,46)(H,41,45)(H,43,47)/p+2/t29-,30-,31-,33-/m0/s1. The number of aliphatic hydroxyl groups excluding tert-OH is 1. The zero-order chi connectivity index (χ0) is 34.8. The number of hydrogen-bond acceptors (Lipinski definition) is 7. The molecule has 49 heavy (non-hydrogen) atoms. The first-order valence-electron chi connectivity index (χ1n) is 17.1. The van der Waals surface area contributed by atoms with E-state index in [1.807, 2.05) is 72.8 Å². The van der Waals surface area contributed by atoms with Crippen molar-refractivity contribution in [3.8, 4) is 0 Å². The first kappa shape index (κ1) is 37.0. The molecular formula is C37H50N6O6+2. The van der Waals surface area contributed by atoms with E-state index in [1.165, 1.54) is 0 Å². The number of carbonyl (C=O) groups is 3. The largest absolute Gasteiger partial charge is 0.445 e. The van der Waals surface area contributed by atoms with Gasteiger partial charge < -0.3 is 41.7 Å². The Labute approximate surface area is 287 Å². The molecule has 0 aliphatic carbocycles. The van der Waals surface area contributed by atoms with Crippen LogP contribution in [0.1, 0.15) is 68.1 Å². The zero-order valence-electron chi connectivity index (χ0n) is 28.0. The van der Waals surface area contributed by atoms with E-state index >= 15 is 0 Å². The Morgan fingerprint density at radius 3 is 1.98 bits per heavy atom.